The van der Waals surface area contributed by atoms with Gasteiger partial charge in [-0.1, -0.05) is 41.1 Å². The molecule has 2 heterocycles. The fourth-order valence-corrected chi connectivity index (χ4v) is 3.48. The molecule has 0 saturated heterocycles. The summed E-state index contributed by atoms with van der Waals surface area (Å²) in [7, 11) is 1.98. The van der Waals surface area contributed by atoms with Crippen LogP contribution in [0.2, 0.25) is 5.02 Å². The summed E-state index contributed by atoms with van der Waals surface area (Å²) >= 11 is 7.73. The predicted molar refractivity (Wildman–Crippen MR) is 88.6 cm³/mol. The highest BCUT2D eigenvalue weighted by Crippen LogP contribution is 2.32. The standard InChI is InChI=1S/C15H11ClN4S/c1-20-11-7-3-2-6-10(11)17-14(20)19-15-18-13-9(16)5-4-8-12(13)21-15/h2-8H,1H3,(H,17,18,19). The Bertz CT molecular complexity index is 957. The average molecular weight is 315 g/mol. The molecule has 0 saturated carbocycles. The van der Waals surface area contributed by atoms with Crippen LogP contribution in [-0.4, -0.2) is 14.5 Å². The third kappa shape index (κ3) is 2.05. The first-order valence-electron chi connectivity index (χ1n) is 6.46. The van der Waals surface area contributed by atoms with Gasteiger partial charge in [0.1, 0.15) is 5.52 Å². The Morgan fingerprint density at radius 3 is 2.76 bits per heavy atom. The van der Waals surface area contributed by atoms with Crippen molar-refractivity contribution in [2.24, 2.45) is 7.05 Å². The fourth-order valence-electron chi connectivity index (χ4n) is 2.32. The summed E-state index contributed by atoms with van der Waals surface area (Å²) in [6.45, 7) is 0. The zero-order chi connectivity index (χ0) is 14.4. The van der Waals surface area contributed by atoms with Crippen LogP contribution in [0.3, 0.4) is 0 Å². The van der Waals surface area contributed by atoms with Crippen molar-refractivity contribution in [2.45, 2.75) is 0 Å². The van der Waals surface area contributed by atoms with Gasteiger partial charge in [0.05, 0.1) is 20.8 Å². The van der Waals surface area contributed by atoms with E-state index in [9.17, 15) is 0 Å². The van der Waals surface area contributed by atoms with E-state index in [2.05, 4.69) is 15.3 Å². The second kappa shape index (κ2) is 4.72. The first-order chi connectivity index (χ1) is 10.2. The second-order valence-electron chi connectivity index (χ2n) is 4.71. The summed E-state index contributed by atoms with van der Waals surface area (Å²) in [4.78, 5) is 9.13. The molecule has 4 nitrogen and oxygen atoms in total. The molecule has 6 heteroatoms. The average Bonchev–Trinajstić information content (AvgIpc) is 3.03. The van der Waals surface area contributed by atoms with Gasteiger partial charge in [-0.2, -0.15) is 0 Å². The Morgan fingerprint density at radius 1 is 1.10 bits per heavy atom. The van der Waals surface area contributed by atoms with Crippen molar-refractivity contribution >= 4 is 55.3 Å². The summed E-state index contributed by atoms with van der Waals surface area (Å²) in [5, 5.41) is 4.74. The van der Waals surface area contributed by atoms with Gasteiger partial charge in [-0.25, -0.2) is 9.97 Å². The Hall–Kier alpha value is -2.11. The molecule has 4 aromatic rings. The minimum Gasteiger partial charge on any atom is -0.313 e. The number of halogens is 1. The zero-order valence-corrected chi connectivity index (χ0v) is 12.7. The van der Waals surface area contributed by atoms with Crippen molar-refractivity contribution in [3.8, 4) is 0 Å². The molecule has 21 heavy (non-hydrogen) atoms. The van der Waals surface area contributed by atoms with Crippen molar-refractivity contribution < 1.29 is 0 Å². The summed E-state index contributed by atoms with van der Waals surface area (Å²) in [5.41, 5.74) is 2.87. The molecule has 0 unspecified atom stereocenters. The van der Waals surface area contributed by atoms with Gasteiger partial charge in [-0.05, 0) is 24.3 Å². The number of hydrogen-bond acceptors (Lipinski definition) is 4. The van der Waals surface area contributed by atoms with Crippen LogP contribution >= 0.6 is 22.9 Å². The third-order valence-electron chi connectivity index (χ3n) is 3.38. The molecule has 4 rings (SSSR count). The molecule has 0 aliphatic rings. The minimum absolute atomic E-state index is 0.668. The lowest BCUT2D eigenvalue weighted by Gasteiger charge is -2.01. The number of para-hydroxylation sites is 3. The summed E-state index contributed by atoms with van der Waals surface area (Å²) in [6.07, 6.45) is 0. The Kier molecular flexibility index (Phi) is 2.83. The van der Waals surface area contributed by atoms with Crippen molar-refractivity contribution in [1.82, 2.24) is 14.5 Å². The topological polar surface area (TPSA) is 42.7 Å². The lowest BCUT2D eigenvalue weighted by Crippen LogP contribution is -1.98. The lowest BCUT2D eigenvalue weighted by molar-refractivity contribution is 0.958. The van der Waals surface area contributed by atoms with E-state index in [1.54, 1.807) is 11.3 Å². The monoisotopic (exact) mass is 314 g/mol. The summed E-state index contributed by atoms with van der Waals surface area (Å²) in [6, 6.07) is 13.8. The molecule has 0 fully saturated rings. The molecule has 0 amide bonds. The van der Waals surface area contributed by atoms with Crippen molar-refractivity contribution in [3.05, 3.63) is 47.5 Å². The van der Waals surface area contributed by atoms with E-state index in [1.807, 2.05) is 54.1 Å². The zero-order valence-electron chi connectivity index (χ0n) is 11.2. The molecule has 1 N–H and O–H groups in total. The molecule has 0 bridgehead atoms. The molecular formula is C15H11ClN4S. The number of nitrogens with one attached hydrogen (secondary N) is 1. The van der Waals surface area contributed by atoms with Crippen LogP contribution in [0.25, 0.3) is 21.3 Å². The number of thiazole rings is 1. The first-order valence-corrected chi connectivity index (χ1v) is 7.65. The van der Waals surface area contributed by atoms with Crippen LogP contribution < -0.4 is 5.32 Å². The number of imidazole rings is 1. The van der Waals surface area contributed by atoms with Gasteiger partial charge in [0.25, 0.3) is 0 Å². The van der Waals surface area contributed by atoms with Crippen molar-refractivity contribution in [2.75, 3.05) is 5.32 Å². The number of nitrogens with zero attached hydrogens (tertiary/aromatic N) is 3. The van der Waals surface area contributed by atoms with Gasteiger partial charge in [0.15, 0.2) is 5.13 Å². The van der Waals surface area contributed by atoms with E-state index in [-0.39, 0.29) is 0 Å². The predicted octanol–water partition coefficient (Wildman–Crippen LogP) is 4.58. The Balaban J connectivity index is 1.79. The number of benzene rings is 2. The van der Waals surface area contributed by atoms with E-state index >= 15 is 0 Å². The molecule has 0 atom stereocenters. The number of anilines is 2. The van der Waals surface area contributed by atoms with Crippen LogP contribution in [-0.2, 0) is 7.05 Å². The van der Waals surface area contributed by atoms with Gasteiger partial charge in [-0.15, -0.1) is 0 Å². The van der Waals surface area contributed by atoms with Gasteiger partial charge < -0.3 is 9.88 Å². The molecule has 0 aliphatic heterocycles. The fraction of sp³-hybridized carbons (Fsp3) is 0.0667. The maximum absolute atomic E-state index is 6.16. The number of aryl methyl sites for hydroxylation is 1. The smallest absolute Gasteiger partial charge is 0.209 e. The van der Waals surface area contributed by atoms with E-state index < -0.39 is 0 Å². The largest absolute Gasteiger partial charge is 0.313 e. The normalized spacial score (nSPS) is 11.3. The van der Waals surface area contributed by atoms with Crippen LogP contribution in [0, 0.1) is 0 Å². The molecule has 0 radical (unpaired) electrons. The SMILES string of the molecule is Cn1c(Nc2nc3c(Cl)cccc3s2)nc2ccccc21. The highest BCUT2D eigenvalue weighted by molar-refractivity contribution is 7.22. The van der Waals surface area contributed by atoms with Gasteiger partial charge in [0, 0.05) is 7.05 Å². The van der Waals surface area contributed by atoms with Crippen molar-refractivity contribution in [3.63, 3.8) is 0 Å². The molecule has 0 aliphatic carbocycles. The maximum Gasteiger partial charge on any atom is 0.209 e. The molecule has 0 spiro atoms. The minimum atomic E-state index is 0.668. The molecule has 2 aromatic carbocycles. The van der Waals surface area contributed by atoms with Crippen LogP contribution in [0.5, 0.6) is 0 Å². The van der Waals surface area contributed by atoms with E-state index in [0.29, 0.717) is 5.02 Å². The van der Waals surface area contributed by atoms with Gasteiger partial charge in [0.2, 0.25) is 5.95 Å². The molecular weight excluding hydrogens is 304 g/mol. The van der Waals surface area contributed by atoms with E-state index in [0.717, 1.165) is 32.3 Å². The van der Waals surface area contributed by atoms with Crippen LogP contribution in [0.15, 0.2) is 42.5 Å². The molecule has 104 valence electrons. The second-order valence-corrected chi connectivity index (χ2v) is 6.15. The van der Waals surface area contributed by atoms with E-state index in [1.165, 1.54) is 0 Å². The first kappa shape index (κ1) is 12.6. The maximum atomic E-state index is 6.16. The number of fused-ring (bicyclic) bond motifs is 2. The van der Waals surface area contributed by atoms with Crippen LogP contribution in [0.1, 0.15) is 0 Å². The Labute approximate surface area is 130 Å². The van der Waals surface area contributed by atoms with Crippen LogP contribution in [0.4, 0.5) is 11.1 Å². The third-order valence-corrected chi connectivity index (χ3v) is 4.62. The number of aromatic nitrogens is 3. The summed E-state index contributed by atoms with van der Waals surface area (Å²) < 4.78 is 3.08. The highest BCUT2D eigenvalue weighted by Gasteiger charge is 2.11. The number of rotatable bonds is 2. The quantitative estimate of drug-likeness (QED) is 0.589. The summed E-state index contributed by atoms with van der Waals surface area (Å²) in [5.74, 6) is 0.770. The Morgan fingerprint density at radius 2 is 1.95 bits per heavy atom. The highest BCUT2D eigenvalue weighted by atomic mass is 35.5. The van der Waals surface area contributed by atoms with E-state index in [4.69, 9.17) is 11.6 Å². The number of hydrogen-bond donors (Lipinski definition) is 1. The van der Waals surface area contributed by atoms with Gasteiger partial charge >= 0.3 is 0 Å². The lowest BCUT2D eigenvalue weighted by atomic mass is 10.3. The van der Waals surface area contributed by atoms with Gasteiger partial charge in [-0.3, -0.25) is 0 Å². The van der Waals surface area contributed by atoms with Crippen molar-refractivity contribution in [1.29, 1.82) is 0 Å². The molecule has 2 aromatic heterocycles.